The summed E-state index contributed by atoms with van der Waals surface area (Å²) in [5.74, 6) is -1.61. The minimum atomic E-state index is -4.33. The van der Waals surface area contributed by atoms with Gasteiger partial charge in [0.05, 0.1) is 30.0 Å². The van der Waals surface area contributed by atoms with Crippen molar-refractivity contribution in [2.24, 2.45) is 0 Å². The molecule has 0 fully saturated rings. The van der Waals surface area contributed by atoms with Crippen LogP contribution < -0.4 is 15.5 Å². The Morgan fingerprint density at radius 2 is 1.97 bits per heavy atom. The lowest BCUT2D eigenvalue weighted by molar-refractivity contribution is -0.143. The quantitative estimate of drug-likeness (QED) is 0.273. The van der Waals surface area contributed by atoms with Gasteiger partial charge in [0.2, 0.25) is 0 Å². The number of carbonyl (C=O) groups excluding carboxylic acids is 1. The van der Waals surface area contributed by atoms with E-state index in [1.807, 2.05) is 0 Å². The molecule has 37 heavy (non-hydrogen) atoms. The summed E-state index contributed by atoms with van der Waals surface area (Å²) in [6.07, 6.45) is -2.63. The molecule has 1 aromatic carbocycles. The van der Waals surface area contributed by atoms with Crippen molar-refractivity contribution in [1.82, 2.24) is 15.2 Å². The zero-order chi connectivity index (χ0) is 27.0. The number of halogens is 6. The Morgan fingerprint density at radius 1 is 1.27 bits per heavy atom. The highest BCUT2D eigenvalue weighted by molar-refractivity contribution is 6.04. The molecule has 0 unspecified atom stereocenters. The third-order valence-corrected chi connectivity index (χ3v) is 6.04. The number of nitrogens with zero attached hydrogens (tertiary/aromatic N) is 3. The monoisotopic (exact) mass is 529 g/mol. The molecule has 3 N–H and O–H groups in total. The van der Waals surface area contributed by atoms with Crippen LogP contribution in [-0.4, -0.2) is 72.9 Å². The first kappa shape index (κ1) is 26.6. The van der Waals surface area contributed by atoms with E-state index in [1.165, 1.54) is 42.4 Å². The van der Waals surface area contributed by atoms with Gasteiger partial charge in [0.15, 0.2) is 5.76 Å². The van der Waals surface area contributed by atoms with E-state index in [0.29, 0.717) is 11.1 Å². The molecule has 13 heteroatoms. The van der Waals surface area contributed by atoms with E-state index >= 15 is 0 Å². The molecule has 0 saturated carbocycles. The van der Waals surface area contributed by atoms with E-state index < -0.39 is 42.8 Å². The maximum atomic E-state index is 14.6. The van der Waals surface area contributed by atoms with Crippen molar-refractivity contribution in [3.63, 3.8) is 0 Å². The second-order valence-corrected chi connectivity index (χ2v) is 9.13. The summed E-state index contributed by atoms with van der Waals surface area (Å²) in [5.41, 5.74) is 1.15. The molecular weight excluding hydrogens is 504 g/mol. The smallest absolute Gasteiger partial charge is 0.401 e. The molecule has 1 aromatic heterocycles. The van der Waals surface area contributed by atoms with E-state index in [1.54, 1.807) is 0 Å². The van der Waals surface area contributed by atoms with Crippen LogP contribution in [0.25, 0.3) is 5.76 Å². The number of aromatic nitrogens is 1. The van der Waals surface area contributed by atoms with Crippen LogP contribution in [-0.2, 0) is 11.2 Å². The molecule has 0 aliphatic carbocycles. The van der Waals surface area contributed by atoms with Crippen molar-refractivity contribution >= 4 is 23.0 Å². The lowest BCUT2D eigenvalue weighted by Gasteiger charge is -2.41. The van der Waals surface area contributed by atoms with Crippen LogP contribution >= 0.6 is 0 Å². The number of alkyl halides is 5. The summed E-state index contributed by atoms with van der Waals surface area (Å²) >= 11 is 0. The van der Waals surface area contributed by atoms with Crippen LogP contribution in [0.2, 0.25) is 0 Å². The van der Waals surface area contributed by atoms with Gasteiger partial charge in [-0.05, 0) is 37.7 Å². The van der Waals surface area contributed by atoms with E-state index in [4.69, 9.17) is 0 Å². The van der Waals surface area contributed by atoms with Crippen molar-refractivity contribution in [2.75, 3.05) is 50.0 Å². The van der Waals surface area contributed by atoms with Crippen LogP contribution in [0.1, 0.15) is 23.2 Å². The van der Waals surface area contributed by atoms with E-state index in [2.05, 4.69) is 15.6 Å². The number of amides is 1. The molecule has 0 bridgehead atoms. The Balaban J connectivity index is 1.53. The fourth-order valence-corrected chi connectivity index (χ4v) is 4.42. The number of hydrogen-bond donors (Lipinski definition) is 3. The maximum Gasteiger partial charge on any atom is 0.401 e. The average molecular weight is 529 g/mol. The molecule has 200 valence electrons. The molecule has 4 rings (SSSR count). The number of nitrogens with one attached hydrogen (secondary N) is 2. The summed E-state index contributed by atoms with van der Waals surface area (Å²) in [7, 11) is 1.31. The number of rotatable bonds is 8. The van der Waals surface area contributed by atoms with Gasteiger partial charge in [-0.25, -0.2) is 4.39 Å². The summed E-state index contributed by atoms with van der Waals surface area (Å²) < 4.78 is 79.8. The van der Waals surface area contributed by atoms with Crippen LogP contribution in [0.15, 0.2) is 36.0 Å². The molecule has 3 heterocycles. The second-order valence-electron chi connectivity index (χ2n) is 9.13. The number of aliphatic hydroxyl groups excluding tert-OH is 1. The summed E-state index contributed by atoms with van der Waals surface area (Å²) in [6.45, 7) is -2.08. The molecule has 2 aliphatic rings. The van der Waals surface area contributed by atoms with Gasteiger partial charge >= 0.3 is 12.2 Å². The number of pyridine rings is 1. The summed E-state index contributed by atoms with van der Waals surface area (Å²) in [6, 6.07) is 2.23. The topological polar surface area (TPSA) is 80.7 Å². The highest BCUT2D eigenvalue weighted by Crippen LogP contribution is 2.45. The van der Waals surface area contributed by atoms with Crippen molar-refractivity contribution < 1.29 is 36.2 Å². The molecule has 7 nitrogen and oxygen atoms in total. The van der Waals surface area contributed by atoms with E-state index in [9.17, 15) is 36.2 Å². The molecule has 0 radical (unpaired) electrons. The van der Waals surface area contributed by atoms with Gasteiger partial charge in [0, 0.05) is 24.7 Å². The first-order valence-corrected chi connectivity index (χ1v) is 11.5. The number of hydrogen-bond acceptors (Lipinski definition) is 6. The first-order valence-electron chi connectivity index (χ1n) is 11.5. The molecule has 0 atom stereocenters. The Bertz CT molecular complexity index is 1200. The Hall–Kier alpha value is -3.48. The number of carbonyl (C=O) groups is 1. The van der Waals surface area contributed by atoms with Crippen molar-refractivity contribution in [1.29, 1.82) is 0 Å². The Kier molecular flexibility index (Phi) is 7.27. The molecule has 0 spiro atoms. The zero-order valence-electron chi connectivity index (χ0n) is 19.8. The fourth-order valence-electron chi connectivity index (χ4n) is 4.42. The fraction of sp³-hybridized carbons (Fsp3) is 0.417. The summed E-state index contributed by atoms with van der Waals surface area (Å²) in [4.78, 5) is 19.3. The average Bonchev–Trinajstić information content (AvgIpc) is 2.79. The van der Waals surface area contributed by atoms with Gasteiger partial charge in [-0.2, -0.15) is 22.0 Å². The van der Waals surface area contributed by atoms with Gasteiger partial charge in [-0.3, -0.25) is 14.7 Å². The van der Waals surface area contributed by atoms with Crippen molar-refractivity contribution in [3.05, 3.63) is 58.7 Å². The lowest BCUT2D eigenvalue weighted by Crippen LogP contribution is -2.50. The Morgan fingerprint density at radius 3 is 2.65 bits per heavy atom. The van der Waals surface area contributed by atoms with Crippen LogP contribution in [0.3, 0.4) is 0 Å². The molecule has 2 aliphatic heterocycles. The van der Waals surface area contributed by atoms with Crippen LogP contribution in [0.4, 0.5) is 37.7 Å². The molecule has 2 aromatic rings. The maximum absolute atomic E-state index is 14.6. The molecule has 1 amide bonds. The van der Waals surface area contributed by atoms with E-state index in [0.717, 1.165) is 4.90 Å². The third kappa shape index (κ3) is 6.27. The number of benzene rings is 1. The standard InChI is InChI=1S/C24H25F6N5O2/c1-34(12-23(26,27)28)8-2-7-31-22(37)17-11-35-13-24(29,30)33-18-15(9-14-3-5-16(25)6-4-14)10-32-19(20(18)35)21(17)36/h3-6,10,33,36H,2,7-9,11-13H2,1H3,(H,31,37). The molecular formula is C24H25F6N5O2. The second kappa shape index (κ2) is 10.1. The van der Waals surface area contributed by atoms with Gasteiger partial charge in [0.1, 0.15) is 18.1 Å². The van der Waals surface area contributed by atoms with Crippen LogP contribution in [0, 0.1) is 5.82 Å². The largest absolute Gasteiger partial charge is 0.505 e. The SMILES string of the molecule is CN(CCCNC(=O)C1=C(O)c2ncc(Cc3ccc(F)cc3)c3c2N(C1)CC(F)(F)N3)CC(F)(F)F. The Labute approximate surface area is 208 Å². The van der Waals surface area contributed by atoms with Gasteiger partial charge in [-0.15, -0.1) is 0 Å². The predicted octanol–water partition coefficient (Wildman–Crippen LogP) is 3.92. The van der Waals surface area contributed by atoms with Crippen molar-refractivity contribution in [2.45, 2.75) is 25.1 Å². The normalized spacial score (nSPS) is 16.5. The zero-order valence-corrected chi connectivity index (χ0v) is 19.8. The van der Waals surface area contributed by atoms with Crippen LogP contribution in [0.5, 0.6) is 0 Å². The lowest BCUT2D eigenvalue weighted by atomic mass is 9.96. The summed E-state index contributed by atoms with van der Waals surface area (Å²) in [5, 5.41) is 15.5. The number of anilines is 2. The number of aliphatic hydroxyl groups is 1. The molecule has 0 saturated heterocycles. The van der Waals surface area contributed by atoms with Crippen molar-refractivity contribution in [3.8, 4) is 0 Å². The highest BCUT2D eigenvalue weighted by Gasteiger charge is 2.44. The first-order chi connectivity index (χ1) is 17.3. The predicted molar refractivity (Wildman–Crippen MR) is 125 cm³/mol. The minimum absolute atomic E-state index is 0.0255. The minimum Gasteiger partial charge on any atom is -0.505 e. The van der Waals surface area contributed by atoms with E-state index in [-0.39, 0.29) is 55.1 Å². The third-order valence-electron chi connectivity index (χ3n) is 6.04. The highest BCUT2D eigenvalue weighted by atomic mass is 19.4. The van der Waals surface area contributed by atoms with Gasteiger partial charge < -0.3 is 20.6 Å². The van der Waals surface area contributed by atoms with Gasteiger partial charge in [-0.1, -0.05) is 12.1 Å². The van der Waals surface area contributed by atoms with Gasteiger partial charge in [0.25, 0.3) is 5.91 Å².